The summed E-state index contributed by atoms with van der Waals surface area (Å²) >= 11 is 3.86. The van der Waals surface area contributed by atoms with Crippen LogP contribution in [-0.4, -0.2) is 19.3 Å². The van der Waals surface area contributed by atoms with Crippen molar-refractivity contribution in [2.45, 2.75) is 60.8 Å². The number of allylic oxidation sites excluding steroid dienone is 1. The molecule has 0 amide bonds. The zero-order valence-electron chi connectivity index (χ0n) is 20.6. The van der Waals surface area contributed by atoms with E-state index < -0.39 is 0 Å². The Hall–Kier alpha value is -2.17. The van der Waals surface area contributed by atoms with E-state index in [4.69, 9.17) is 4.99 Å². The normalized spacial score (nSPS) is 12.5. The standard InChI is InChI=1S/C28H36N2S2/c1-8-12-23-18-24(16-20(4)22(6)29-25-14-11-10-13-19(25)3)31-28(23)27-21(5)17-26(32-27)30(7)15-9-2/h10-11,13-14,16-18H,8-9,12,15H2,1-7H3/b20-16+,29-22?. The van der Waals surface area contributed by atoms with Crippen LogP contribution >= 0.6 is 22.7 Å². The van der Waals surface area contributed by atoms with Crippen LogP contribution < -0.4 is 4.90 Å². The third-order valence-corrected chi connectivity index (χ3v) is 8.37. The molecule has 0 bridgehead atoms. The molecule has 0 spiro atoms. The first-order valence-electron chi connectivity index (χ1n) is 11.6. The number of nitrogens with zero attached hydrogens (tertiary/aromatic N) is 2. The quantitative estimate of drug-likeness (QED) is 0.288. The minimum atomic E-state index is 1.05. The molecule has 0 saturated heterocycles. The number of para-hydroxylation sites is 1. The lowest BCUT2D eigenvalue weighted by Crippen LogP contribution is -2.16. The first-order valence-corrected chi connectivity index (χ1v) is 13.2. The molecule has 32 heavy (non-hydrogen) atoms. The smallest absolute Gasteiger partial charge is 0.0915 e. The minimum Gasteiger partial charge on any atom is -0.367 e. The summed E-state index contributed by atoms with van der Waals surface area (Å²) in [5, 5.41) is 1.37. The van der Waals surface area contributed by atoms with E-state index in [2.05, 4.69) is 96.0 Å². The Kier molecular flexibility index (Phi) is 8.50. The Bertz CT molecular complexity index is 1110. The predicted octanol–water partition coefficient (Wildman–Crippen LogP) is 9.09. The number of benzene rings is 1. The van der Waals surface area contributed by atoms with Crippen LogP contribution in [0.4, 0.5) is 10.7 Å². The van der Waals surface area contributed by atoms with E-state index in [1.165, 1.54) is 48.3 Å². The number of aryl methyl sites for hydroxylation is 3. The zero-order valence-corrected chi connectivity index (χ0v) is 22.2. The van der Waals surface area contributed by atoms with Gasteiger partial charge in [0.1, 0.15) is 0 Å². The molecule has 3 rings (SSSR count). The van der Waals surface area contributed by atoms with E-state index in [0.29, 0.717) is 0 Å². The van der Waals surface area contributed by atoms with Crippen molar-refractivity contribution in [3.63, 3.8) is 0 Å². The van der Waals surface area contributed by atoms with Crippen molar-refractivity contribution in [3.05, 3.63) is 63.5 Å². The van der Waals surface area contributed by atoms with Gasteiger partial charge in [0.25, 0.3) is 0 Å². The molecule has 0 aliphatic heterocycles. The summed E-state index contributed by atoms with van der Waals surface area (Å²) in [6, 6.07) is 13.1. The molecule has 2 heterocycles. The predicted molar refractivity (Wildman–Crippen MR) is 148 cm³/mol. The van der Waals surface area contributed by atoms with Crippen molar-refractivity contribution in [2.24, 2.45) is 4.99 Å². The van der Waals surface area contributed by atoms with Gasteiger partial charge >= 0.3 is 0 Å². The van der Waals surface area contributed by atoms with Crippen LogP contribution in [0.2, 0.25) is 0 Å². The van der Waals surface area contributed by atoms with Gasteiger partial charge in [-0.05, 0) is 87.1 Å². The highest BCUT2D eigenvalue weighted by Crippen LogP contribution is 2.43. The molecule has 0 N–H and O–H groups in total. The Morgan fingerprint density at radius 3 is 2.41 bits per heavy atom. The van der Waals surface area contributed by atoms with Gasteiger partial charge in [0.05, 0.1) is 10.7 Å². The molecule has 4 heteroatoms. The lowest BCUT2D eigenvalue weighted by atomic mass is 10.1. The van der Waals surface area contributed by atoms with Gasteiger partial charge in [0.15, 0.2) is 0 Å². The van der Waals surface area contributed by atoms with Crippen LogP contribution in [0.5, 0.6) is 0 Å². The lowest BCUT2D eigenvalue weighted by Gasteiger charge is -2.15. The molecule has 1 aromatic carbocycles. The van der Waals surface area contributed by atoms with Crippen molar-refractivity contribution in [1.29, 1.82) is 0 Å². The fourth-order valence-electron chi connectivity index (χ4n) is 3.77. The summed E-state index contributed by atoms with van der Waals surface area (Å²) in [7, 11) is 2.20. The molecule has 170 valence electrons. The molecular formula is C28H36N2S2. The first-order chi connectivity index (χ1) is 15.3. The maximum Gasteiger partial charge on any atom is 0.0915 e. The van der Waals surface area contributed by atoms with E-state index in [0.717, 1.165) is 30.8 Å². The number of hydrogen-bond donors (Lipinski definition) is 0. The number of rotatable bonds is 9. The van der Waals surface area contributed by atoms with Crippen molar-refractivity contribution < 1.29 is 0 Å². The van der Waals surface area contributed by atoms with Crippen molar-refractivity contribution >= 4 is 45.1 Å². The number of hydrogen-bond acceptors (Lipinski definition) is 4. The Morgan fingerprint density at radius 2 is 1.72 bits per heavy atom. The van der Waals surface area contributed by atoms with Crippen LogP contribution in [-0.2, 0) is 6.42 Å². The molecule has 0 radical (unpaired) electrons. The highest BCUT2D eigenvalue weighted by Gasteiger charge is 2.17. The fraction of sp³-hybridized carbons (Fsp3) is 0.393. The average Bonchev–Trinajstić information content (AvgIpc) is 3.33. The Labute approximate surface area is 202 Å². The third kappa shape index (κ3) is 5.79. The van der Waals surface area contributed by atoms with Crippen molar-refractivity contribution in [2.75, 3.05) is 18.5 Å². The fourth-order valence-corrected chi connectivity index (χ4v) is 6.37. The van der Waals surface area contributed by atoms with Gasteiger partial charge in [-0.3, -0.25) is 4.99 Å². The second-order valence-corrected chi connectivity index (χ2v) is 10.7. The van der Waals surface area contributed by atoms with Gasteiger partial charge in [-0.25, -0.2) is 0 Å². The maximum atomic E-state index is 4.88. The van der Waals surface area contributed by atoms with Crippen molar-refractivity contribution in [1.82, 2.24) is 0 Å². The average molecular weight is 465 g/mol. The van der Waals surface area contributed by atoms with Crippen LogP contribution in [0.15, 0.2) is 47.0 Å². The Balaban J connectivity index is 1.95. The monoisotopic (exact) mass is 464 g/mol. The zero-order chi connectivity index (χ0) is 23.3. The third-order valence-electron chi connectivity index (χ3n) is 5.73. The van der Waals surface area contributed by atoms with E-state index in [9.17, 15) is 0 Å². The van der Waals surface area contributed by atoms with Crippen LogP contribution in [0, 0.1) is 13.8 Å². The number of anilines is 1. The largest absolute Gasteiger partial charge is 0.367 e. The van der Waals surface area contributed by atoms with Crippen LogP contribution in [0.1, 0.15) is 62.1 Å². The van der Waals surface area contributed by atoms with Crippen LogP contribution in [0.3, 0.4) is 0 Å². The molecule has 3 aromatic rings. The molecule has 2 aromatic heterocycles. The molecule has 2 nitrogen and oxygen atoms in total. The molecule has 0 fully saturated rings. The number of aliphatic imine (C=N–C) groups is 1. The van der Waals surface area contributed by atoms with Gasteiger partial charge in [-0.1, -0.05) is 38.5 Å². The van der Waals surface area contributed by atoms with E-state index in [1.54, 1.807) is 0 Å². The second-order valence-electron chi connectivity index (χ2n) is 8.58. The topological polar surface area (TPSA) is 15.6 Å². The molecule has 0 saturated carbocycles. The minimum absolute atomic E-state index is 1.05. The second kappa shape index (κ2) is 11.1. The summed E-state index contributed by atoms with van der Waals surface area (Å²) in [5.74, 6) is 0. The molecule has 0 aliphatic rings. The maximum absolute atomic E-state index is 4.88. The summed E-state index contributed by atoms with van der Waals surface area (Å²) in [4.78, 5) is 11.5. The molecule has 0 atom stereocenters. The van der Waals surface area contributed by atoms with E-state index in [-0.39, 0.29) is 0 Å². The Morgan fingerprint density at radius 1 is 0.969 bits per heavy atom. The summed E-state index contributed by atoms with van der Waals surface area (Å²) in [5.41, 5.74) is 7.41. The van der Waals surface area contributed by atoms with Crippen LogP contribution in [0.25, 0.3) is 15.8 Å². The molecule has 0 aliphatic carbocycles. The summed E-state index contributed by atoms with van der Waals surface area (Å²) in [6.45, 7) is 14.2. The highest BCUT2D eigenvalue weighted by molar-refractivity contribution is 7.24. The van der Waals surface area contributed by atoms with E-state index >= 15 is 0 Å². The van der Waals surface area contributed by atoms with Crippen molar-refractivity contribution in [3.8, 4) is 9.75 Å². The summed E-state index contributed by atoms with van der Waals surface area (Å²) < 4.78 is 0. The first kappa shape index (κ1) is 24.5. The van der Waals surface area contributed by atoms with E-state index in [1.807, 2.05) is 22.7 Å². The van der Waals surface area contributed by atoms with Gasteiger partial charge < -0.3 is 4.90 Å². The SMILES string of the molecule is CCCc1cc(/C=C(\C)C(C)=Nc2ccccc2C)sc1-c1sc(N(C)CCC)cc1C. The molecular weight excluding hydrogens is 428 g/mol. The van der Waals surface area contributed by atoms with Gasteiger partial charge in [0, 0.05) is 33.9 Å². The highest BCUT2D eigenvalue weighted by atomic mass is 32.1. The van der Waals surface area contributed by atoms with Gasteiger partial charge in [-0.15, -0.1) is 22.7 Å². The molecule has 0 unspecified atom stereocenters. The van der Waals surface area contributed by atoms with Gasteiger partial charge in [0.2, 0.25) is 0 Å². The summed E-state index contributed by atoms with van der Waals surface area (Å²) in [6.07, 6.45) is 5.75. The number of thiophene rings is 2. The van der Waals surface area contributed by atoms with Gasteiger partial charge in [-0.2, -0.15) is 0 Å². The lowest BCUT2D eigenvalue weighted by molar-refractivity contribution is 0.859.